The lowest BCUT2D eigenvalue weighted by Gasteiger charge is -2.58. The molecule has 0 aromatic carbocycles. The minimum absolute atomic E-state index is 0.0871. The number of amidine groups is 1. The molecule has 0 spiro atoms. The third-order valence-corrected chi connectivity index (χ3v) is 16.5. The molecule has 9 unspecified atom stereocenters. The number of carbonyl (C=O) groups is 4. The maximum Gasteiger partial charge on any atom is 0.407 e. The zero-order valence-corrected chi connectivity index (χ0v) is 43.4. The van der Waals surface area contributed by atoms with Crippen molar-refractivity contribution in [3.05, 3.63) is 11.6 Å². The number of fused-ring (bicyclic) bond motifs is 5. The summed E-state index contributed by atoms with van der Waals surface area (Å²) in [7, 11) is 0. The maximum atomic E-state index is 12.9. The molecule has 0 aromatic rings. The molecule has 388 valence electrons. The Balaban J connectivity index is 1.09. The fourth-order valence-corrected chi connectivity index (χ4v) is 12.7. The van der Waals surface area contributed by atoms with Crippen LogP contribution in [-0.4, -0.2) is 87.7 Å². The van der Waals surface area contributed by atoms with E-state index in [-0.39, 0.29) is 86.9 Å². The molecule has 0 saturated heterocycles. The van der Waals surface area contributed by atoms with Gasteiger partial charge in [-0.1, -0.05) is 78.4 Å². The lowest BCUT2D eigenvalue weighted by molar-refractivity contribution is -0.144. The topological polar surface area (TPSA) is 200 Å². The molecule has 13 nitrogen and oxygen atoms in total. The van der Waals surface area contributed by atoms with Gasteiger partial charge in [0.25, 0.3) is 0 Å². The monoisotopic (exact) mass is 955 g/mol. The van der Waals surface area contributed by atoms with Gasteiger partial charge < -0.3 is 40.1 Å². The number of nitrogens with one attached hydrogen (secondary N) is 3. The molecular weight excluding hydrogens is 861 g/mol. The zero-order valence-electron chi connectivity index (χ0n) is 43.4. The highest BCUT2D eigenvalue weighted by Crippen LogP contribution is 2.67. The first-order chi connectivity index (χ1) is 32.5. The van der Waals surface area contributed by atoms with Gasteiger partial charge >= 0.3 is 18.0 Å². The van der Waals surface area contributed by atoms with Gasteiger partial charge in [-0.25, -0.2) is 4.79 Å². The van der Waals surface area contributed by atoms with Gasteiger partial charge in [0.05, 0.1) is 38.9 Å². The molecule has 1 amide bonds. The summed E-state index contributed by atoms with van der Waals surface area (Å²) in [6.07, 6.45) is 23.2. The highest BCUT2D eigenvalue weighted by atomic mass is 16.6. The number of rotatable bonds is 34. The van der Waals surface area contributed by atoms with E-state index >= 15 is 0 Å². The van der Waals surface area contributed by atoms with Crippen LogP contribution in [0.2, 0.25) is 0 Å². The number of esters is 2. The van der Waals surface area contributed by atoms with E-state index in [0.29, 0.717) is 62.8 Å². The summed E-state index contributed by atoms with van der Waals surface area (Å²) in [5, 5.41) is 17.7. The molecule has 0 aromatic heterocycles. The smallest absolute Gasteiger partial charge is 0.407 e. The highest BCUT2D eigenvalue weighted by Gasteiger charge is 2.59. The fraction of sp³-hybridized carbons (Fsp3) is 0.855. The lowest BCUT2D eigenvalue weighted by Crippen LogP contribution is -2.51. The van der Waals surface area contributed by atoms with Crippen LogP contribution < -0.4 is 11.1 Å². The van der Waals surface area contributed by atoms with Crippen molar-refractivity contribution in [2.75, 3.05) is 46.2 Å². The first-order valence-corrected chi connectivity index (χ1v) is 27.0. The number of hydrogen-bond acceptors (Lipinski definition) is 11. The van der Waals surface area contributed by atoms with E-state index < -0.39 is 6.09 Å². The van der Waals surface area contributed by atoms with Crippen LogP contribution in [0.5, 0.6) is 0 Å². The zero-order chi connectivity index (χ0) is 49.5. The van der Waals surface area contributed by atoms with Crippen LogP contribution >= 0.6 is 0 Å². The van der Waals surface area contributed by atoms with E-state index in [1.807, 2.05) is 0 Å². The number of ketones is 1. The Kier molecular flexibility index (Phi) is 25.1. The van der Waals surface area contributed by atoms with Crippen molar-refractivity contribution in [1.29, 1.82) is 10.8 Å². The summed E-state index contributed by atoms with van der Waals surface area (Å²) in [6, 6.07) is 0. The van der Waals surface area contributed by atoms with Gasteiger partial charge in [0.15, 0.2) is 5.78 Å². The van der Waals surface area contributed by atoms with Crippen LogP contribution in [0, 0.1) is 63.1 Å². The quantitative estimate of drug-likeness (QED) is 0.0120. The number of alkyl carbamates (subject to hydrolysis) is 1. The summed E-state index contributed by atoms with van der Waals surface area (Å²) in [5.74, 6) is 4.12. The Hall–Kier alpha value is -3.32. The Bertz CT molecular complexity index is 1590. The third kappa shape index (κ3) is 19.1. The van der Waals surface area contributed by atoms with Gasteiger partial charge in [-0.2, -0.15) is 0 Å². The van der Waals surface area contributed by atoms with Gasteiger partial charge in [-0.05, 0) is 149 Å². The molecule has 0 bridgehead atoms. The second-order valence-electron chi connectivity index (χ2n) is 22.2. The summed E-state index contributed by atoms with van der Waals surface area (Å²) in [6.45, 7) is 15.6. The Morgan fingerprint density at radius 1 is 0.750 bits per heavy atom. The standard InChI is InChI=1S/C55H94N4O9/c1-39(2)14-13-15-40(3)47-22-23-48-46-21-20-43-37-45(24-28-54(43,5)49(46)25-29-55(47,48)6)68-53(63)59-30-33-64-34-35-65-38-44(60)36-42(26-31-66-51(61)18-11-7-9-16-41(4)56)27-32-67-52(62)19-12-8-10-17-50(57)58/h20,39-40,42,45-49,56H,7-19,21-38H2,1-6H3,(H3,57,58)(H,59,63). The van der Waals surface area contributed by atoms with Crippen molar-refractivity contribution in [1.82, 2.24) is 5.32 Å². The number of amides is 1. The average molecular weight is 955 g/mol. The van der Waals surface area contributed by atoms with Gasteiger partial charge in [0.2, 0.25) is 0 Å². The van der Waals surface area contributed by atoms with Crippen LogP contribution in [0.3, 0.4) is 0 Å². The molecule has 3 saturated carbocycles. The van der Waals surface area contributed by atoms with Crippen molar-refractivity contribution in [2.24, 2.45) is 58.0 Å². The number of nitrogens with two attached hydrogens (primary N) is 1. The molecule has 0 heterocycles. The summed E-state index contributed by atoms with van der Waals surface area (Å²) in [5.41, 5.74) is 8.23. The van der Waals surface area contributed by atoms with Gasteiger partial charge in [-0.15, -0.1) is 0 Å². The molecular formula is C55H94N4O9. The van der Waals surface area contributed by atoms with Crippen molar-refractivity contribution in [2.45, 2.75) is 202 Å². The van der Waals surface area contributed by atoms with Crippen molar-refractivity contribution in [3.8, 4) is 0 Å². The summed E-state index contributed by atoms with van der Waals surface area (Å²) in [4.78, 5) is 50.4. The predicted molar refractivity (Wildman–Crippen MR) is 269 cm³/mol. The lowest BCUT2D eigenvalue weighted by atomic mass is 9.47. The second-order valence-corrected chi connectivity index (χ2v) is 22.2. The number of unbranched alkanes of at least 4 members (excludes halogenated alkanes) is 4. The van der Waals surface area contributed by atoms with Crippen LogP contribution in [0.25, 0.3) is 0 Å². The van der Waals surface area contributed by atoms with Gasteiger partial charge in [-0.3, -0.25) is 19.8 Å². The van der Waals surface area contributed by atoms with Crippen molar-refractivity contribution < 1.29 is 42.9 Å². The minimum atomic E-state index is -0.406. The molecule has 68 heavy (non-hydrogen) atoms. The molecule has 9 atom stereocenters. The second kappa shape index (κ2) is 29.8. The maximum absolute atomic E-state index is 12.9. The molecule has 4 aliphatic carbocycles. The number of hydrogen-bond donors (Lipinski definition) is 4. The molecule has 5 N–H and O–H groups in total. The number of carbonyl (C=O) groups excluding carboxylic acids is 4. The fourth-order valence-electron chi connectivity index (χ4n) is 12.7. The van der Waals surface area contributed by atoms with Crippen LogP contribution in [-0.2, 0) is 38.1 Å². The van der Waals surface area contributed by atoms with Gasteiger partial charge in [0.1, 0.15) is 12.7 Å². The number of allylic oxidation sites excluding steroid dienone is 1. The van der Waals surface area contributed by atoms with Crippen molar-refractivity contribution >= 4 is 35.4 Å². The van der Waals surface area contributed by atoms with E-state index in [1.54, 1.807) is 6.92 Å². The Labute approximate surface area is 410 Å². The summed E-state index contributed by atoms with van der Waals surface area (Å²) >= 11 is 0. The molecule has 0 radical (unpaired) electrons. The summed E-state index contributed by atoms with van der Waals surface area (Å²) < 4.78 is 28.1. The minimum Gasteiger partial charge on any atom is -0.466 e. The van der Waals surface area contributed by atoms with E-state index in [1.165, 1.54) is 56.9 Å². The van der Waals surface area contributed by atoms with Gasteiger partial charge in [0, 0.05) is 44.4 Å². The van der Waals surface area contributed by atoms with E-state index in [9.17, 15) is 19.2 Å². The Morgan fingerprint density at radius 2 is 1.41 bits per heavy atom. The van der Waals surface area contributed by atoms with Crippen LogP contribution in [0.1, 0.15) is 196 Å². The first kappa shape index (κ1) is 57.3. The first-order valence-electron chi connectivity index (χ1n) is 27.0. The highest BCUT2D eigenvalue weighted by molar-refractivity contribution is 5.80. The molecule has 3 fully saturated rings. The SMILES string of the molecule is CC(=N)CCCCCC(=O)OCCC(CCOC(=O)CCCCCC(=N)N)CC(=O)COCCOCCNC(=O)OC1CCC2(C)C(=CCC3C2CCC2(C)C(C(C)CCCC(C)C)CCC32)C1. The average Bonchev–Trinajstić information content (AvgIpc) is 3.64. The Morgan fingerprint density at radius 3 is 2.07 bits per heavy atom. The van der Waals surface area contributed by atoms with Crippen LogP contribution in [0.15, 0.2) is 11.6 Å². The predicted octanol–water partition coefficient (Wildman–Crippen LogP) is 11.5. The molecule has 4 rings (SSSR count). The van der Waals surface area contributed by atoms with Crippen LogP contribution in [0.4, 0.5) is 4.79 Å². The van der Waals surface area contributed by atoms with Crippen molar-refractivity contribution in [3.63, 3.8) is 0 Å². The normalized spacial score (nSPS) is 26.1. The third-order valence-electron chi connectivity index (χ3n) is 16.5. The molecule has 13 heteroatoms. The largest absolute Gasteiger partial charge is 0.466 e. The number of ether oxygens (including phenoxy) is 5. The van der Waals surface area contributed by atoms with E-state index in [2.05, 4.69) is 46.0 Å². The van der Waals surface area contributed by atoms with E-state index in [4.69, 9.17) is 40.2 Å². The van der Waals surface area contributed by atoms with E-state index in [0.717, 1.165) is 86.9 Å². The number of Topliss-reactive ketones (excluding diaryl/α,β-unsaturated/α-hetero) is 1. The molecule has 0 aliphatic heterocycles. The molecule has 4 aliphatic rings.